The molecule has 132 valence electrons. The summed E-state index contributed by atoms with van der Waals surface area (Å²) < 4.78 is 16.9. The first-order chi connectivity index (χ1) is 11.6. The fraction of sp³-hybridized carbons (Fsp3) is 0.611. The average Bonchev–Trinajstić information content (AvgIpc) is 3.04. The van der Waals surface area contributed by atoms with Crippen LogP contribution in [0, 0.1) is 0 Å². The number of likely N-dealkylation sites (tertiary alicyclic amines) is 1. The van der Waals surface area contributed by atoms with Crippen LogP contribution in [0.15, 0.2) is 24.3 Å². The van der Waals surface area contributed by atoms with E-state index in [0.29, 0.717) is 32.9 Å². The van der Waals surface area contributed by atoms with Crippen molar-refractivity contribution in [2.24, 2.45) is 0 Å². The molecule has 24 heavy (non-hydrogen) atoms. The Morgan fingerprint density at radius 1 is 1.33 bits per heavy atom. The van der Waals surface area contributed by atoms with E-state index < -0.39 is 5.79 Å². The van der Waals surface area contributed by atoms with Gasteiger partial charge in [0.1, 0.15) is 5.75 Å². The second kappa shape index (κ2) is 7.40. The number of carbonyl (C=O) groups excluding carboxylic acids is 1. The molecular formula is C18H26N2O4. The number of ether oxygens (including phenoxy) is 3. The summed E-state index contributed by atoms with van der Waals surface area (Å²) in [4.78, 5) is 14.3. The molecule has 1 spiro atoms. The van der Waals surface area contributed by atoms with Gasteiger partial charge in [-0.3, -0.25) is 0 Å². The van der Waals surface area contributed by atoms with Gasteiger partial charge in [-0.2, -0.15) is 0 Å². The maximum absolute atomic E-state index is 12.5. The summed E-state index contributed by atoms with van der Waals surface area (Å²) in [5.41, 5.74) is 1.03. The van der Waals surface area contributed by atoms with Crippen molar-refractivity contribution in [3.8, 4) is 5.75 Å². The molecule has 0 aromatic heterocycles. The number of piperidine rings is 1. The minimum absolute atomic E-state index is 0.0443. The van der Waals surface area contributed by atoms with E-state index in [1.54, 1.807) is 0 Å². The molecule has 2 heterocycles. The normalized spacial score (nSPS) is 20.8. The zero-order valence-electron chi connectivity index (χ0n) is 14.4. The number of rotatable bonds is 4. The number of hydrogen-bond acceptors (Lipinski definition) is 4. The van der Waals surface area contributed by atoms with E-state index in [1.807, 2.05) is 43.0 Å². The summed E-state index contributed by atoms with van der Waals surface area (Å²) in [6, 6.07) is 7.72. The Morgan fingerprint density at radius 3 is 2.71 bits per heavy atom. The van der Waals surface area contributed by atoms with Crippen LogP contribution in [0.25, 0.3) is 0 Å². The van der Waals surface area contributed by atoms with Crippen molar-refractivity contribution in [2.45, 2.75) is 38.5 Å². The highest BCUT2D eigenvalue weighted by Gasteiger charge is 2.40. The molecule has 0 saturated carbocycles. The number of carbonyl (C=O) groups is 1. The third-order valence-corrected chi connectivity index (χ3v) is 4.64. The molecule has 6 heteroatoms. The van der Waals surface area contributed by atoms with Crippen molar-refractivity contribution in [1.29, 1.82) is 0 Å². The summed E-state index contributed by atoms with van der Waals surface area (Å²) in [5, 5.41) is 3.06. The van der Waals surface area contributed by atoms with Crippen LogP contribution in [0.5, 0.6) is 5.75 Å². The highest BCUT2D eigenvalue weighted by Crippen LogP contribution is 2.31. The third kappa shape index (κ3) is 3.82. The fourth-order valence-corrected chi connectivity index (χ4v) is 3.24. The van der Waals surface area contributed by atoms with Gasteiger partial charge in [0.15, 0.2) is 5.79 Å². The van der Waals surface area contributed by atoms with Crippen molar-refractivity contribution in [2.75, 3.05) is 32.9 Å². The largest absolute Gasteiger partial charge is 0.494 e. The molecule has 1 unspecified atom stereocenters. The lowest BCUT2D eigenvalue weighted by molar-refractivity contribution is -0.181. The van der Waals surface area contributed by atoms with E-state index in [4.69, 9.17) is 14.2 Å². The molecule has 1 atom stereocenters. The molecule has 3 rings (SSSR count). The van der Waals surface area contributed by atoms with E-state index in [2.05, 4.69) is 5.32 Å². The second-order valence-corrected chi connectivity index (χ2v) is 6.27. The fourth-order valence-electron chi connectivity index (χ4n) is 3.24. The Hall–Kier alpha value is -1.79. The summed E-state index contributed by atoms with van der Waals surface area (Å²) in [6.07, 6.45) is 1.46. The molecule has 6 nitrogen and oxygen atoms in total. The van der Waals surface area contributed by atoms with Crippen molar-refractivity contribution in [3.63, 3.8) is 0 Å². The summed E-state index contributed by atoms with van der Waals surface area (Å²) in [5.74, 6) is 0.375. The van der Waals surface area contributed by atoms with Gasteiger partial charge in [-0.05, 0) is 31.5 Å². The number of benzene rings is 1. The van der Waals surface area contributed by atoms with Gasteiger partial charge in [-0.15, -0.1) is 0 Å². The molecule has 1 aromatic carbocycles. The van der Waals surface area contributed by atoms with Crippen molar-refractivity contribution in [3.05, 3.63) is 29.8 Å². The number of nitrogens with one attached hydrogen (secondary N) is 1. The first kappa shape index (κ1) is 17.0. The van der Waals surface area contributed by atoms with Crippen LogP contribution >= 0.6 is 0 Å². The van der Waals surface area contributed by atoms with Crippen LogP contribution in [0.3, 0.4) is 0 Å². The van der Waals surface area contributed by atoms with E-state index in [9.17, 15) is 4.79 Å². The van der Waals surface area contributed by atoms with Crippen molar-refractivity contribution >= 4 is 6.03 Å². The van der Waals surface area contributed by atoms with E-state index in [0.717, 1.165) is 24.2 Å². The predicted molar refractivity (Wildman–Crippen MR) is 90.0 cm³/mol. The Bertz CT molecular complexity index is 562. The van der Waals surface area contributed by atoms with E-state index in [-0.39, 0.29) is 12.1 Å². The van der Waals surface area contributed by atoms with Gasteiger partial charge in [0.2, 0.25) is 0 Å². The molecule has 0 bridgehead atoms. The second-order valence-electron chi connectivity index (χ2n) is 6.27. The molecular weight excluding hydrogens is 308 g/mol. The maximum atomic E-state index is 12.5. The monoisotopic (exact) mass is 334 g/mol. The predicted octanol–water partition coefficient (Wildman–Crippen LogP) is 2.69. The van der Waals surface area contributed by atoms with Gasteiger partial charge in [-0.1, -0.05) is 12.1 Å². The van der Waals surface area contributed by atoms with Crippen LogP contribution in [0.1, 0.15) is 38.3 Å². The van der Waals surface area contributed by atoms with Gasteiger partial charge >= 0.3 is 6.03 Å². The van der Waals surface area contributed by atoms with E-state index >= 15 is 0 Å². The van der Waals surface area contributed by atoms with Gasteiger partial charge in [0.05, 0.1) is 25.9 Å². The molecule has 0 radical (unpaired) electrons. The standard InChI is InChI=1S/C18H26N2O4/c1-3-22-16-6-4-5-15(13-16)14(2)19-17(21)20-9-7-18(8-10-20)23-11-12-24-18/h4-6,13-14H,3,7-12H2,1-2H3,(H,19,21). The molecule has 1 N–H and O–H groups in total. The quantitative estimate of drug-likeness (QED) is 0.920. The first-order valence-corrected chi connectivity index (χ1v) is 8.68. The lowest BCUT2D eigenvalue weighted by atomic mass is 10.0. The number of urea groups is 1. The van der Waals surface area contributed by atoms with Gasteiger partial charge < -0.3 is 24.4 Å². The number of nitrogens with zero attached hydrogens (tertiary/aromatic N) is 1. The van der Waals surface area contributed by atoms with Crippen molar-refractivity contribution in [1.82, 2.24) is 10.2 Å². The Labute approximate surface area is 143 Å². The maximum Gasteiger partial charge on any atom is 0.317 e. The lowest BCUT2D eigenvalue weighted by Gasteiger charge is -2.37. The Kier molecular flexibility index (Phi) is 5.26. The van der Waals surface area contributed by atoms with Crippen LogP contribution in [0.2, 0.25) is 0 Å². The van der Waals surface area contributed by atoms with Crippen LogP contribution < -0.4 is 10.1 Å². The molecule has 2 aliphatic rings. The molecule has 2 saturated heterocycles. The molecule has 0 aliphatic carbocycles. The summed E-state index contributed by atoms with van der Waals surface area (Å²) >= 11 is 0. The SMILES string of the molecule is CCOc1cccc(C(C)NC(=O)N2CCC3(CC2)OCCO3)c1. The molecule has 2 fully saturated rings. The first-order valence-electron chi connectivity index (χ1n) is 8.68. The Balaban J connectivity index is 1.54. The van der Waals surface area contributed by atoms with Crippen LogP contribution in [-0.2, 0) is 9.47 Å². The molecule has 2 aliphatic heterocycles. The van der Waals surface area contributed by atoms with Crippen LogP contribution in [0.4, 0.5) is 4.79 Å². The minimum atomic E-state index is -0.450. The number of amides is 2. The van der Waals surface area contributed by atoms with Gasteiger partial charge in [-0.25, -0.2) is 4.79 Å². The molecule has 1 aromatic rings. The average molecular weight is 334 g/mol. The minimum Gasteiger partial charge on any atom is -0.494 e. The Morgan fingerprint density at radius 2 is 2.04 bits per heavy atom. The lowest BCUT2D eigenvalue weighted by Crippen LogP contribution is -2.50. The summed E-state index contributed by atoms with van der Waals surface area (Å²) in [7, 11) is 0. The highest BCUT2D eigenvalue weighted by atomic mass is 16.7. The van der Waals surface area contributed by atoms with E-state index in [1.165, 1.54) is 0 Å². The number of hydrogen-bond donors (Lipinski definition) is 1. The smallest absolute Gasteiger partial charge is 0.317 e. The van der Waals surface area contributed by atoms with Crippen molar-refractivity contribution < 1.29 is 19.0 Å². The zero-order chi connectivity index (χ0) is 17.0. The zero-order valence-corrected chi connectivity index (χ0v) is 14.4. The highest BCUT2D eigenvalue weighted by molar-refractivity contribution is 5.74. The topological polar surface area (TPSA) is 60.0 Å². The third-order valence-electron chi connectivity index (χ3n) is 4.64. The molecule has 2 amide bonds. The van der Waals surface area contributed by atoms with Gasteiger partial charge in [0, 0.05) is 25.9 Å². The van der Waals surface area contributed by atoms with Crippen LogP contribution in [-0.4, -0.2) is 49.6 Å². The van der Waals surface area contributed by atoms with Gasteiger partial charge in [0.25, 0.3) is 0 Å². The summed E-state index contributed by atoms with van der Waals surface area (Å²) in [6.45, 7) is 7.17.